The monoisotopic (exact) mass is 349 g/mol. The van der Waals surface area contributed by atoms with Gasteiger partial charge in [0, 0.05) is 38.0 Å². The molecule has 0 aliphatic carbocycles. The number of rotatable bonds is 5. The highest BCUT2D eigenvalue weighted by molar-refractivity contribution is 5.97. The van der Waals surface area contributed by atoms with E-state index in [2.05, 4.69) is 19.2 Å². The molecule has 2 atom stereocenters. The number of carbonyl (C=O) groups is 2. The molecule has 1 aromatic rings. The molecule has 0 unspecified atom stereocenters. The molecular formula is C17H23N3O5. The van der Waals surface area contributed by atoms with Gasteiger partial charge in [0.25, 0.3) is 11.6 Å². The van der Waals surface area contributed by atoms with Gasteiger partial charge >= 0.3 is 5.97 Å². The molecule has 0 radical (unpaired) electrons. The highest BCUT2D eigenvalue weighted by atomic mass is 16.6. The Balaban J connectivity index is 2.03. The lowest BCUT2D eigenvalue weighted by atomic mass is 9.92. The average Bonchev–Trinajstić information content (AvgIpc) is 2.57. The van der Waals surface area contributed by atoms with Crippen molar-refractivity contribution in [2.24, 2.45) is 11.8 Å². The Morgan fingerprint density at radius 3 is 2.52 bits per heavy atom. The summed E-state index contributed by atoms with van der Waals surface area (Å²) in [6.07, 6.45) is 1.07. The molecule has 136 valence electrons. The van der Waals surface area contributed by atoms with Crippen molar-refractivity contribution in [2.45, 2.75) is 20.3 Å². The van der Waals surface area contributed by atoms with Crippen LogP contribution in [0.25, 0.3) is 0 Å². The number of piperidine rings is 1. The fourth-order valence-electron chi connectivity index (χ4n) is 3.20. The van der Waals surface area contributed by atoms with Crippen molar-refractivity contribution in [2.75, 3.05) is 32.1 Å². The molecule has 1 aromatic carbocycles. The predicted octanol–water partition coefficient (Wildman–Crippen LogP) is 2.30. The van der Waals surface area contributed by atoms with E-state index in [9.17, 15) is 19.7 Å². The average molecular weight is 349 g/mol. The summed E-state index contributed by atoms with van der Waals surface area (Å²) in [7, 11) is 1.60. The number of likely N-dealkylation sites (tertiary alicyclic amines) is 1. The predicted molar refractivity (Wildman–Crippen MR) is 92.5 cm³/mol. The summed E-state index contributed by atoms with van der Waals surface area (Å²) >= 11 is 0. The standard InChI is InChI=1S/C17H23N3O5/c1-11-6-12(2)9-19(8-11)16(21)10-25-17(22)14-7-13(20(23)24)4-5-15(14)18-3/h4-5,7,11-12,18H,6,8-10H2,1-3H3/t11-,12+. The number of amides is 1. The van der Waals surface area contributed by atoms with Crippen molar-refractivity contribution in [1.29, 1.82) is 0 Å². The highest BCUT2D eigenvalue weighted by Crippen LogP contribution is 2.23. The van der Waals surface area contributed by atoms with E-state index in [1.54, 1.807) is 11.9 Å². The van der Waals surface area contributed by atoms with Crippen LogP contribution in [0.2, 0.25) is 0 Å². The van der Waals surface area contributed by atoms with E-state index in [0.717, 1.165) is 12.5 Å². The van der Waals surface area contributed by atoms with E-state index in [4.69, 9.17) is 4.74 Å². The van der Waals surface area contributed by atoms with Gasteiger partial charge in [-0.05, 0) is 24.3 Å². The molecule has 1 heterocycles. The summed E-state index contributed by atoms with van der Waals surface area (Å²) in [6, 6.07) is 3.87. The Kier molecular flexibility index (Phi) is 5.95. The van der Waals surface area contributed by atoms with Crippen molar-refractivity contribution < 1.29 is 19.2 Å². The van der Waals surface area contributed by atoms with Crippen molar-refractivity contribution in [3.8, 4) is 0 Å². The second-order valence-corrected chi connectivity index (χ2v) is 6.56. The van der Waals surface area contributed by atoms with Gasteiger partial charge in [0.1, 0.15) is 0 Å². The van der Waals surface area contributed by atoms with E-state index in [-0.39, 0.29) is 23.8 Å². The number of nitrogens with zero attached hydrogens (tertiary/aromatic N) is 2. The molecule has 1 amide bonds. The van der Waals surface area contributed by atoms with Crippen LogP contribution in [0.1, 0.15) is 30.6 Å². The molecule has 8 heteroatoms. The number of carbonyl (C=O) groups excluding carboxylic acids is 2. The number of nitro benzene ring substituents is 1. The van der Waals surface area contributed by atoms with Crippen LogP contribution in [0.4, 0.5) is 11.4 Å². The van der Waals surface area contributed by atoms with Crippen LogP contribution < -0.4 is 5.32 Å². The van der Waals surface area contributed by atoms with Gasteiger partial charge in [-0.2, -0.15) is 0 Å². The SMILES string of the molecule is CNc1ccc([N+](=O)[O-])cc1C(=O)OCC(=O)N1C[C@H](C)C[C@H](C)C1. The lowest BCUT2D eigenvalue weighted by molar-refractivity contribution is -0.384. The normalized spacial score (nSPS) is 20.0. The van der Waals surface area contributed by atoms with Crippen LogP contribution in [0.5, 0.6) is 0 Å². The first-order chi connectivity index (χ1) is 11.8. The van der Waals surface area contributed by atoms with Gasteiger partial charge in [0.2, 0.25) is 0 Å². The topological polar surface area (TPSA) is 102 Å². The summed E-state index contributed by atoms with van der Waals surface area (Å²) in [5.41, 5.74) is 0.226. The molecule has 1 saturated heterocycles. The van der Waals surface area contributed by atoms with Crippen LogP contribution >= 0.6 is 0 Å². The van der Waals surface area contributed by atoms with Gasteiger partial charge in [-0.15, -0.1) is 0 Å². The van der Waals surface area contributed by atoms with E-state index in [1.165, 1.54) is 12.1 Å². The minimum atomic E-state index is -0.764. The molecule has 8 nitrogen and oxygen atoms in total. The number of ether oxygens (including phenoxy) is 1. The van der Waals surface area contributed by atoms with Crippen LogP contribution in [0.15, 0.2) is 18.2 Å². The Bertz CT molecular complexity index is 666. The van der Waals surface area contributed by atoms with E-state index < -0.39 is 10.9 Å². The summed E-state index contributed by atoms with van der Waals surface area (Å²) in [4.78, 5) is 36.5. The summed E-state index contributed by atoms with van der Waals surface area (Å²) in [6.45, 7) is 5.11. The number of non-ortho nitro benzene ring substituents is 1. The van der Waals surface area contributed by atoms with Gasteiger partial charge in [0.15, 0.2) is 6.61 Å². The quantitative estimate of drug-likeness (QED) is 0.497. The number of nitrogens with one attached hydrogen (secondary N) is 1. The third-order valence-corrected chi connectivity index (χ3v) is 4.25. The smallest absolute Gasteiger partial charge is 0.341 e. The Morgan fingerprint density at radius 2 is 1.96 bits per heavy atom. The van der Waals surface area contributed by atoms with Gasteiger partial charge in [0.05, 0.1) is 10.5 Å². The molecule has 25 heavy (non-hydrogen) atoms. The lowest BCUT2D eigenvalue weighted by Gasteiger charge is -2.34. The second-order valence-electron chi connectivity index (χ2n) is 6.56. The maximum Gasteiger partial charge on any atom is 0.341 e. The Morgan fingerprint density at radius 1 is 1.32 bits per heavy atom. The largest absolute Gasteiger partial charge is 0.452 e. The van der Waals surface area contributed by atoms with Gasteiger partial charge in [-0.3, -0.25) is 14.9 Å². The van der Waals surface area contributed by atoms with Crippen molar-refractivity contribution in [3.05, 3.63) is 33.9 Å². The number of hydrogen-bond acceptors (Lipinski definition) is 6. The molecule has 1 aliphatic rings. The number of hydrogen-bond donors (Lipinski definition) is 1. The molecule has 2 rings (SSSR count). The summed E-state index contributed by atoms with van der Waals surface area (Å²) < 4.78 is 5.10. The van der Waals surface area contributed by atoms with Crippen LogP contribution in [0, 0.1) is 22.0 Å². The van der Waals surface area contributed by atoms with Crippen molar-refractivity contribution in [3.63, 3.8) is 0 Å². The highest BCUT2D eigenvalue weighted by Gasteiger charge is 2.26. The molecule has 0 bridgehead atoms. The first kappa shape index (κ1) is 18.7. The zero-order valence-electron chi connectivity index (χ0n) is 14.7. The van der Waals surface area contributed by atoms with Gasteiger partial charge in [-0.25, -0.2) is 4.79 Å². The Hall–Kier alpha value is -2.64. The zero-order valence-corrected chi connectivity index (χ0v) is 14.7. The number of nitro groups is 1. The maximum absolute atomic E-state index is 12.3. The molecule has 0 aromatic heterocycles. The number of anilines is 1. The first-order valence-corrected chi connectivity index (χ1v) is 8.23. The second kappa shape index (κ2) is 7.96. The Labute approximate surface area is 146 Å². The number of esters is 1. The van der Waals surface area contributed by atoms with Crippen LogP contribution in [0.3, 0.4) is 0 Å². The van der Waals surface area contributed by atoms with Crippen LogP contribution in [-0.4, -0.2) is 48.4 Å². The fraction of sp³-hybridized carbons (Fsp3) is 0.529. The molecular weight excluding hydrogens is 326 g/mol. The molecule has 1 N–H and O–H groups in total. The maximum atomic E-state index is 12.3. The summed E-state index contributed by atoms with van der Waals surface area (Å²) in [5.74, 6) is -0.185. The van der Waals surface area contributed by atoms with E-state index in [0.29, 0.717) is 30.6 Å². The van der Waals surface area contributed by atoms with Crippen molar-refractivity contribution >= 4 is 23.3 Å². The van der Waals surface area contributed by atoms with Crippen molar-refractivity contribution in [1.82, 2.24) is 4.90 Å². The number of benzene rings is 1. The van der Waals surface area contributed by atoms with E-state index >= 15 is 0 Å². The minimum absolute atomic E-state index is 0.0323. The molecule has 1 fully saturated rings. The van der Waals surface area contributed by atoms with Crippen LogP contribution in [-0.2, 0) is 9.53 Å². The zero-order chi connectivity index (χ0) is 18.6. The first-order valence-electron chi connectivity index (χ1n) is 8.23. The fourth-order valence-corrected chi connectivity index (χ4v) is 3.20. The molecule has 1 aliphatic heterocycles. The van der Waals surface area contributed by atoms with E-state index in [1.807, 2.05) is 0 Å². The molecule has 0 spiro atoms. The summed E-state index contributed by atoms with van der Waals surface area (Å²) in [5, 5.41) is 13.7. The lowest BCUT2D eigenvalue weighted by Crippen LogP contribution is -2.44. The van der Waals surface area contributed by atoms with Gasteiger partial charge < -0.3 is 15.0 Å². The molecule has 0 saturated carbocycles. The third kappa shape index (κ3) is 4.68. The third-order valence-electron chi connectivity index (χ3n) is 4.25. The van der Waals surface area contributed by atoms with Gasteiger partial charge in [-0.1, -0.05) is 13.8 Å². The minimum Gasteiger partial charge on any atom is -0.452 e.